The van der Waals surface area contributed by atoms with E-state index in [0.29, 0.717) is 19.7 Å². The number of morpholine rings is 1. The normalized spacial score (nSPS) is 35.4. The highest BCUT2D eigenvalue weighted by atomic mass is 16.5. The molecule has 1 N–H and O–H groups in total. The Morgan fingerprint density at radius 3 is 2.94 bits per heavy atom. The summed E-state index contributed by atoms with van der Waals surface area (Å²) in [5.74, 6) is 0.0473. The number of carbonyl (C=O) groups excluding carboxylic acids is 1. The van der Waals surface area contributed by atoms with Gasteiger partial charge in [0.25, 0.3) is 5.91 Å². The van der Waals surface area contributed by atoms with Gasteiger partial charge in [-0.15, -0.1) is 0 Å². The number of aliphatic hydroxyl groups excluding tert-OH is 1. The van der Waals surface area contributed by atoms with Crippen molar-refractivity contribution in [1.29, 1.82) is 0 Å². The van der Waals surface area contributed by atoms with E-state index >= 15 is 0 Å². The number of amides is 1. The number of rotatable bonds is 2. The lowest BCUT2D eigenvalue weighted by atomic mass is 10.1. The highest BCUT2D eigenvalue weighted by Gasteiger charge is 2.33. The van der Waals surface area contributed by atoms with Crippen LogP contribution in [0.1, 0.15) is 19.8 Å². The van der Waals surface area contributed by atoms with Crippen molar-refractivity contribution < 1.29 is 19.4 Å². The van der Waals surface area contributed by atoms with Crippen LogP contribution < -0.4 is 0 Å². The summed E-state index contributed by atoms with van der Waals surface area (Å²) in [6, 6.07) is 0. The second kappa shape index (κ2) is 5.12. The van der Waals surface area contributed by atoms with E-state index in [1.165, 1.54) is 0 Å². The molecule has 2 fully saturated rings. The van der Waals surface area contributed by atoms with Crippen molar-refractivity contribution in [3.63, 3.8) is 0 Å². The Hall–Kier alpha value is -0.650. The zero-order chi connectivity index (χ0) is 11.5. The fourth-order valence-corrected chi connectivity index (χ4v) is 2.30. The van der Waals surface area contributed by atoms with Crippen LogP contribution in [0.15, 0.2) is 0 Å². The number of ether oxygens (including phenoxy) is 2. The maximum atomic E-state index is 12.1. The van der Waals surface area contributed by atoms with E-state index in [0.717, 1.165) is 12.8 Å². The highest BCUT2D eigenvalue weighted by molar-refractivity contribution is 5.81. The fourth-order valence-electron chi connectivity index (χ4n) is 2.30. The van der Waals surface area contributed by atoms with E-state index < -0.39 is 0 Å². The number of aliphatic hydroxyl groups is 1. The zero-order valence-electron chi connectivity index (χ0n) is 9.59. The average molecular weight is 229 g/mol. The topological polar surface area (TPSA) is 59.0 Å². The minimum absolute atomic E-state index is 0.0174. The molecule has 1 amide bonds. The third kappa shape index (κ3) is 2.53. The molecule has 3 atom stereocenters. The summed E-state index contributed by atoms with van der Waals surface area (Å²) in [6.07, 6.45) is 1.23. The molecular formula is C11H19NO4. The summed E-state index contributed by atoms with van der Waals surface area (Å²) < 4.78 is 10.9. The molecule has 0 spiro atoms. The summed E-state index contributed by atoms with van der Waals surface area (Å²) in [6.45, 7) is 3.62. The first-order valence-electron chi connectivity index (χ1n) is 5.87. The van der Waals surface area contributed by atoms with Gasteiger partial charge in [0, 0.05) is 19.7 Å². The summed E-state index contributed by atoms with van der Waals surface area (Å²) in [5, 5.41) is 9.08. The second-order valence-corrected chi connectivity index (χ2v) is 4.50. The van der Waals surface area contributed by atoms with Gasteiger partial charge in [0.05, 0.1) is 18.8 Å². The molecule has 0 bridgehead atoms. The van der Waals surface area contributed by atoms with Crippen molar-refractivity contribution in [2.75, 3.05) is 26.3 Å². The molecule has 5 heteroatoms. The Morgan fingerprint density at radius 1 is 1.50 bits per heavy atom. The fraction of sp³-hybridized carbons (Fsp3) is 0.909. The van der Waals surface area contributed by atoms with Crippen molar-refractivity contribution in [1.82, 2.24) is 4.90 Å². The quantitative estimate of drug-likeness (QED) is 0.711. The standard InChI is InChI=1S/C11H19NO4/c1-8-5-12(6-9(7-13)16-8)11(14)10-3-2-4-15-10/h8-10,13H,2-7H2,1H3/t8?,9?,10-/m1/s1. The molecular weight excluding hydrogens is 210 g/mol. The third-order valence-corrected chi connectivity index (χ3v) is 3.05. The number of carbonyl (C=O) groups is 1. The molecule has 5 nitrogen and oxygen atoms in total. The largest absolute Gasteiger partial charge is 0.394 e. The molecule has 0 aliphatic carbocycles. The predicted molar refractivity (Wildman–Crippen MR) is 57.0 cm³/mol. The van der Waals surface area contributed by atoms with Gasteiger partial charge in [-0.3, -0.25) is 4.79 Å². The zero-order valence-corrected chi connectivity index (χ0v) is 9.59. The molecule has 92 valence electrons. The van der Waals surface area contributed by atoms with Crippen molar-refractivity contribution in [2.45, 2.75) is 38.1 Å². The van der Waals surface area contributed by atoms with Crippen molar-refractivity contribution >= 4 is 5.91 Å². The molecule has 16 heavy (non-hydrogen) atoms. The first-order chi connectivity index (χ1) is 7.70. The van der Waals surface area contributed by atoms with E-state index in [2.05, 4.69) is 0 Å². The molecule has 0 radical (unpaired) electrons. The van der Waals surface area contributed by atoms with Crippen LogP contribution in [0, 0.1) is 0 Å². The molecule has 0 aromatic carbocycles. The molecule has 2 heterocycles. The van der Waals surface area contributed by atoms with Gasteiger partial charge in [0.2, 0.25) is 0 Å². The van der Waals surface area contributed by atoms with E-state index in [4.69, 9.17) is 14.6 Å². The minimum atomic E-state index is -0.273. The number of nitrogens with zero attached hydrogens (tertiary/aromatic N) is 1. The van der Waals surface area contributed by atoms with Crippen LogP contribution in [0.4, 0.5) is 0 Å². The third-order valence-electron chi connectivity index (χ3n) is 3.05. The Morgan fingerprint density at radius 2 is 2.31 bits per heavy atom. The molecule has 2 rings (SSSR count). The van der Waals surface area contributed by atoms with E-state index in [1.807, 2.05) is 6.92 Å². The first-order valence-corrected chi connectivity index (χ1v) is 5.87. The maximum Gasteiger partial charge on any atom is 0.251 e. The van der Waals surface area contributed by atoms with Crippen LogP contribution in [0.3, 0.4) is 0 Å². The predicted octanol–water partition coefficient (Wildman–Crippen LogP) is -0.226. The first kappa shape index (κ1) is 11.8. The van der Waals surface area contributed by atoms with Crippen LogP contribution >= 0.6 is 0 Å². The second-order valence-electron chi connectivity index (χ2n) is 4.50. The van der Waals surface area contributed by atoms with Crippen LogP contribution in [0.5, 0.6) is 0 Å². The number of hydrogen-bond donors (Lipinski definition) is 1. The summed E-state index contributed by atoms with van der Waals surface area (Å²) in [5.41, 5.74) is 0. The summed E-state index contributed by atoms with van der Waals surface area (Å²) in [4.78, 5) is 13.8. The van der Waals surface area contributed by atoms with Crippen LogP contribution in [-0.4, -0.2) is 60.5 Å². The minimum Gasteiger partial charge on any atom is -0.394 e. The molecule has 0 aromatic heterocycles. The van der Waals surface area contributed by atoms with Crippen LogP contribution in [0.25, 0.3) is 0 Å². The van der Waals surface area contributed by atoms with Gasteiger partial charge < -0.3 is 19.5 Å². The lowest BCUT2D eigenvalue weighted by Gasteiger charge is -2.37. The van der Waals surface area contributed by atoms with Gasteiger partial charge in [0.1, 0.15) is 6.10 Å². The molecule has 2 aliphatic rings. The summed E-state index contributed by atoms with van der Waals surface area (Å²) in [7, 11) is 0. The van der Waals surface area contributed by atoms with E-state index in [9.17, 15) is 4.79 Å². The van der Waals surface area contributed by atoms with E-state index in [1.54, 1.807) is 4.90 Å². The Labute approximate surface area is 95.3 Å². The lowest BCUT2D eigenvalue weighted by Crippen LogP contribution is -2.52. The smallest absolute Gasteiger partial charge is 0.251 e. The van der Waals surface area contributed by atoms with Gasteiger partial charge in [0.15, 0.2) is 0 Å². The van der Waals surface area contributed by atoms with Crippen LogP contribution in [0.2, 0.25) is 0 Å². The van der Waals surface area contributed by atoms with Gasteiger partial charge >= 0.3 is 0 Å². The Bertz CT molecular complexity index is 252. The lowest BCUT2D eigenvalue weighted by molar-refractivity contribution is -0.155. The number of hydrogen-bond acceptors (Lipinski definition) is 4. The molecule has 2 unspecified atom stereocenters. The average Bonchev–Trinajstić information content (AvgIpc) is 2.80. The van der Waals surface area contributed by atoms with Crippen molar-refractivity contribution in [2.24, 2.45) is 0 Å². The van der Waals surface area contributed by atoms with Crippen LogP contribution in [-0.2, 0) is 14.3 Å². The van der Waals surface area contributed by atoms with Gasteiger partial charge in [-0.05, 0) is 19.8 Å². The van der Waals surface area contributed by atoms with Gasteiger partial charge in [-0.2, -0.15) is 0 Å². The monoisotopic (exact) mass is 229 g/mol. The maximum absolute atomic E-state index is 12.1. The molecule has 2 saturated heterocycles. The highest BCUT2D eigenvalue weighted by Crippen LogP contribution is 2.18. The SMILES string of the molecule is CC1CN(C(=O)[C@H]2CCCO2)CC(CO)O1. The van der Waals surface area contributed by atoms with Crippen molar-refractivity contribution in [3.05, 3.63) is 0 Å². The van der Waals surface area contributed by atoms with E-state index in [-0.39, 0.29) is 30.8 Å². The Kier molecular flexibility index (Phi) is 3.78. The van der Waals surface area contributed by atoms with Gasteiger partial charge in [-0.25, -0.2) is 0 Å². The molecule has 0 aromatic rings. The van der Waals surface area contributed by atoms with Crippen molar-refractivity contribution in [3.8, 4) is 0 Å². The van der Waals surface area contributed by atoms with Gasteiger partial charge in [-0.1, -0.05) is 0 Å². The molecule has 0 saturated carbocycles. The Balaban J connectivity index is 1.94. The molecule has 2 aliphatic heterocycles. The summed E-state index contributed by atoms with van der Waals surface area (Å²) >= 11 is 0.